The average Bonchev–Trinajstić information content (AvgIpc) is 3.20. The number of hydrogen-bond acceptors (Lipinski definition) is 11. The van der Waals surface area contributed by atoms with E-state index in [-0.39, 0.29) is 10.8 Å². The minimum atomic E-state index is -2.05. The van der Waals surface area contributed by atoms with E-state index in [1.807, 2.05) is 60.7 Å². The van der Waals surface area contributed by atoms with Crippen LogP contribution in [0, 0.1) is 0 Å². The lowest BCUT2D eigenvalue weighted by molar-refractivity contribution is 0.372. The summed E-state index contributed by atoms with van der Waals surface area (Å²) in [6, 6.07) is 34.1. The molecule has 55 heavy (non-hydrogen) atoms. The van der Waals surface area contributed by atoms with E-state index >= 15 is 0 Å². The fourth-order valence-corrected chi connectivity index (χ4v) is 7.94. The standard InChI is InChI=1S/C42H44N4O6P2S/c1-7-41(3,4)31-21-23-33(47-53(49-37-17-9-13-25-43-37)50-38-18-10-14-26-44-38)35(29-31)55-36-30-32(42(5,6)8-2)22-24-34(36)48-54(51-39-19-11-15-27-45-39)52-40-20-12-16-28-46-40/h9-30H,7-8H2,1-6H3. The van der Waals surface area contributed by atoms with Gasteiger partial charge in [-0.2, -0.15) is 0 Å². The molecule has 0 atom stereocenters. The Bertz CT molecular complexity index is 1870. The second-order valence-corrected chi connectivity index (χ2v) is 16.6. The molecule has 4 heterocycles. The molecule has 0 saturated carbocycles. The van der Waals surface area contributed by atoms with Crippen molar-refractivity contribution < 1.29 is 27.1 Å². The van der Waals surface area contributed by atoms with Crippen LogP contribution >= 0.6 is 29.0 Å². The molecule has 0 fully saturated rings. The predicted molar refractivity (Wildman–Crippen MR) is 218 cm³/mol. The Kier molecular flexibility index (Phi) is 13.4. The van der Waals surface area contributed by atoms with Gasteiger partial charge in [0.2, 0.25) is 23.5 Å². The van der Waals surface area contributed by atoms with Crippen molar-refractivity contribution in [1.29, 1.82) is 0 Å². The number of benzene rings is 2. The van der Waals surface area contributed by atoms with Crippen molar-refractivity contribution in [2.24, 2.45) is 0 Å². The Morgan fingerprint density at radius 1 is 0.455 bits per heavy atom. The molecule has 284 valence electrons. The number of hydrogen-bond donors (Lipinski definition) is 0. The third-order valence-corrected chi connectivity index (χ3v) is 12.1. The number of pyridine rings is 4. The van der Waals surface area contributed by atoms with Gasteiger partial charge >= 0.3 is 17.2 Å². The maximum Gasteiger partial charge on any atom is 0.532 e. The fourth-order valence-electron chi connectivity index (χ4n) is 4.88. The highest BCUT2D eigenvalue weighted by Crippen LogP contribution is 2.51. The van der Waals surface area contributed by atoms with Gasteiger partial charge in [0.15, 0.2) is 0 Å². The quantitative estimate of drug-likeness (QED) is 0.0776. The first-order valence-electron chi connectivity index (χ1n) is 17.9. The van der Waals surface area contributed by atoms with E-state index < -0.39 is 17.2 Å². The second kappa shape index (κ2) is 18.6. The first kappa shape index (κ1) is 39.7. The number of aromatic nitrogens is 4. The van der Waals surface area contributed by atoms with Gasteiger partial charge in [0.1, 0.15) is 11.5 Å². The molecule has 0 bridgehead atoms. The zero-order valence-corrected chi connectivity index (χ0v) is 34.3. The molecule has 0 saturated heterocycles. The van der Waals surface area contributed by atoms with Gasteiger partial charge in [-0.05, 0) is 83.3 Å². The number of nitrogens with zero attached hydrogens (tertiary/aromatic N) is 4. The molecule has 0 amide bonds. The van der Waals surface area contributed by atoms with E-state index in [4.69, 9.17) is 27.1 Å². The predicted octanol–water partition coefficient (Wildman–Crippen LogP) is 12.3. The van der Waals surface area contributed by atoms with Crippen LogP contribution in [0.25, 0.3) is 0 Å². The van der Waals surface area contributed by atoms with Crippen molar-refractivity contribution in [2.45, 2.75) is 75.0 Å². The molecule has 10 nitrogen and oxygen atoms in total. The van der Waals surface area contributed by atoms with Crippen molar-refractivity contribution in [3.8, 4) is 35.0 Å². The summed E-state index contributed by atoms with van der Waals surface area (Å²) in [7, 11) is -4.10. The summed E-state index contributed by atoms with van der Waals surface area (Å²) < 4.78 is 38.1. The molecule has 0 aliphatic carbocycles. The third-order valence-electron chi connectivity index (χ3n) is 9.01. The molecule has 6 aromatic rings. The summed E-state index contributed by atoms with van der Waals surface area (Å²) in [6.45, 7) is 13.3. The minimum Gasteiger partial charge on any atom is -0.407 e. The summed E-state index contributed by atoms with van der Waals surface area (Å²) in [6.07, 6.45) is 8.49. The van der Waals surface area contributed by atoms with Gasteiger partial charge in [-0.1, -0.05) is 89.7 Å². The molecule has 2 aromatic carbocycles. The Balaban J connectivity index is 1.41. The molecular formula is C42H44N4O6P2S. The zero-order chi connectivity index (χ0) is 38.7. The highest BCUT2D eigenvalue weighted by atomic mass is 32.2. The fraction of sp³-hybridized carbons (Fsp3) is 0.238. The largest absolute Gasteiger partial charge is 0.532 e. The van der Waals surface area contributed by atoms with Gasteiger partial charge in [0.25, 0.3) is 0 Å². The van der Waals surface area contributed by atoms with Crippen LogP contribution in [0.15, 0.2) is 144 Å². The van der Waals surface area contributed by atoms with Crippen molar-refractivity contribution in [3.63, 3.8) is 0 Å². The maximum absolute atomic E-state index is 6.64. The maximum atomic E-state index is 6.64. The Labute approximate surface area is 330 Å². The monoisotopic (exact) mass is 794 g/mol. The highest BCUT2D eigenvalue weighted by molar-refractivity contribution is 7.99. The smallest absolute Gasteiger partial charge is 0.407 e. The van der Waals surface area contributed by atoms with Gasteiger partial charge in [0, 0.05) is 49.1 Å². The molecule has 4 aromatic heterocycles. The average molecular weight is 795 g/mol. The highest BCUT2D eigenvalue weighted by Gasteiger charge is 2.29. The van der Waals surface area contributed by atoms with Crippen LogP contribution in [0.2, 0.25) is 0 Å². The van der Waals surface area contributed by atoms with Crippen molar-refractivity contribution in [1.82, 2.24) is 19.9 Å². The molecule has 0 N–H and O–H groups in total. The number of rotatable bonds is 18. The molecule has 0 aliphatic rings. The van der Waals surface area contributed by atoms with E-state index in [2.05, 4.69) is 85.7 Å². The van der Waals surface area contributed by atoms with Gasteiger partial charge in [0.05, 0.1) is 9.79 Å². The summed E-state index contributed by atoms with van der Waals surface area (Å²) in [4.78, 5) is 19.1. The van der Waals surface area contributed by atoms with E-state index in [9.17, 15) is 0 Å². The minimum absolute atomic E-state index is 0.111. The van der Waals surface area contributed by atoms with Gasteiger partial charge in [-0.3, -0.25) is 0 Å². The van der Waals surface area contributed by atoms with Crippen LogP contribution in [-0.2, 0) is 10.8 Å². The van der Waals surface area contributed by atoms with Crippen LogP contribution < -0.4 is 27.1 Å². The third kappa shape index (κ3) is 11.1. The molecule has 6 rings (SSSR count). The lowest BCUT2D eigenvalue weighted by atomic mass is 9.82. The van der Waals surface area contributed by atoms with Crippen molar-refractivity contribution >= 4 is 29.0 Å². The molecular weight excluding hydrogens is 750 g/mol. The zero-order valence-electron chi connectivity index (χ0n) is 31.7. The van der Waals surface area contributed by atoms with Crippen LogP contribution in [-0.4, -0.2) is 19.9 Å². The summed E-state index contributed by atoms with van der Waals surface area (Å²) >= 11 is 1.52. The molecule has 0 radical (unpaired) electrons. The van der Waals surface area contributed by atoms with Gasteiger partial charge in [-0.25, -0.2) is 19.9 Å². The topological polar surface area (TPSA) is 107 Å². The first-order chi connectivity index (χ1) is 26.6. The normalized spacial score (nSPS) is 11.6. The Hall–Kier alpha value is -4.95. The molecule has 0 aliphatic heterocycles. The summed E-state index contributed by atoms with van der Waals surface area (Å²) in [5, 5.41) is 0. The lowest BCUT2D eigenvalue weighted by Crippen LogP contribution is -2.16. The van der Waals surface area contributed by atoms with Crippen LogP contribution in [0.3, 0.4) is 0 Å². The van der Waals surface area contributed by atoms with Crippen molar-refractivity contribution in [2.75, 3.05) is 0 Å². The van der Waals surface area contributed by atoms with E-state index in [1.54, 1.807) is 49.1 Å². The molecule has 13 heteroatoms. The Morgan fingerprint density at radius 2 is 0.782 bits per heavy atom. The summed E-state index contributed by atoms with van der Waals surface area (Å²) in [5.74, 6) is 2.57. The van der Waals surface area contributed by atoms with Crippen LogP contribution in [0.4, 0.5) is 0 Å². The first-order valence-corrected chi connectivity index (χ1v) is 20.9. The van der Waals surface area contributed by atoms with Gasteiger partial charge in [-0.15, -0.1) is 0 Å². The Morgan fingerprint density at radius 3 is 1.05 bits per heavy atom. The van der Waals surface area contributed by atoms with Crippen LogP contribution in [0.5, 0.6) is 35.0 Å². The lowest BCUT2D eigenvalue weighted by Gasteiger charge is -2.27. The van der Waals surface area contributed by atoms with Gasteiger partial charge < -0.3 is 27.1 Å². The van der Waals surface area contributed by atoms with Crippen LogP contribution in [0.1, 0.15) is 65.5 Å². The molecule has 0 unspecified atom stereocenters. The van der Waals surface area contributed by atoms with E-state index in [0.29, 0.717) is 35.0 Å². The van der Waals surface area contributed by atoms with E-state index in [0.717, 1.165) is 33.8 Å². The summed E-state index contributed by atoms with van der Waals surface area (Å²) in [5.41, 5.74) is 2.08. The SMILES string of the molecule is CCC(C)(C)c1ccc(OP(Oc2ccccn2)Oc2ccccn2)c(Sc2cc(C(C)(C)CC)ccc2OP(Oc2ccccn2)Oc2ccccn2)c1. The second-order valence-electron chi connectivity index (χ2n) is 13.6. The molecule has 0 spiro atoms. The van der Waals surface area contributed by atoms with Crippen molar-refractivity contribution in [3.05, 3.63) is 145 Å². The van der Waals surface area contributed by atoms with E-state index in [1.165, 1.54) is 11.8 Å².